The molecule has 12 heteroatoms. The van der Waals surface area contributed by atoms with Crippen LogP contribution in [0.4, 0.5) is 51.2 Å². The number of nitrogens with zero attached hydrogens (tertiary/aromatic N) is 3. The van der Waals surface area contributed by atoms with Gasteiger partial charge in [0.2, 0.25) is 0 Å². The van der Waals surface area contributed by atoms with Crippen LogP contribution in [0.25, 0.3) is 77.9 Å². The second-order valence-electron chi connectivity index (χ2n) is 37.0. The topological polar surface area (TPSA) is 65.1 Å². The average Bonchev–Trinajstić information content (AvgIpc) is 0.721. The summed E-state index contributed by atoms with van der Waals surface area (Å²) >= 11 is 0. The number of fused-ring (bicyclic) bond motifs is 12. The minimum atomic E-state index is -0.204. The molecular weight excluding hydrogens is 1710 g/mol. The van der Waals surface area contributed by atoms with E-state index in [9.17, 15) is 0 Å². The molecule has 6 heterocycles. The molecule has 21 aromatic rings. The zero-order chi connectivity index (χ0) is 92.4. The molecule has 27 rings (SSSR count). The summed E-state index contributed by atoms with van der Waals surface area (Å²) in [6.45, 7) is 1.66. The maximum Gasteiger partial charge on any atom is 0.260 e. The van der Waals surface area contributed by atoms with Gasteiger partial charge in [-0.1, -0.05) is 321 Å². The fourth-order valence-electron chi connectivity index (χ4n) is 21.7. The van der Waals surface area contributed by atoms with Crippen molar-refractivity contribution >= 4 is 120 Å². The Labute approximate surface area is 814 Å². The van der Waals surface area contributed by atoms with Crippen LogP contribution in [-0.2, 0) is 6.42 Å². The summed E-state index contributed by atoms with van der Waals surface area (Å²) in [5.74, 6) is 9.56. The molecule has 0 saturated carbocycles. The molecule has 0 atom stereocenters. The highest BCUT2D eigenvalue weighted by Gasteiger charge is 2.45. The summed E-state index contributed by atoms with van der Waals surface area (Å²) in [5, 5.41) is 0. The minimum Gasteiger partial charge on any atom is -0.458 e. The molecule has 21 aromatic carbocycles. The SMILES string of the molecule is Cc1ccc(-c2ccc3c(c2)Oc2cc(-c4ccccc4)cc4c2B3c2ccc(-c3ccc(Cc5ccc(-c6ccc7c(c6)Oc6cc(N(c8ccccc8)c8ccccc8)cc8c6B7c6ccc(-c7cccc(-c9cccc(N(c%10ccccc%10)c%10ccc%11c(c%10)Oc%10cc(-c%12ccccc%12)cc%12c%10B%11c%10ccc(N(c%11ccccc%11)c%11ccccc%11)cc%10O%12)c9)c7)cc6O8)cc5)cc3)cc2O4)cc1. The molecule has 140 heavy (non-hydrogen) atoms. The molecule has 0 fully saturated rings. The minimum absolute atomic E-state index is 0.0713. The summed E-state index contributed by atoms with van der Waals surface area (Å²) < 4.78 is 43.0. The first kappa shape index (κ1) is 81.6. The Morgan fingerprint density at radius 2 is 0.371 bits per heavy atom. The maximum atomic E-state index is 7.37. The third-order valence-corrected chi connectivity index (χ3v) is 28.5. The number of para-hydroxylation sites is 5. The van der Waals surface area contributed by atoms with Crippen molar-refractivity contribution in [3.63, 3.8) is 0 Å². The Kier molecular flexibility index (Phi) is 19.7. The van der Waals surface area contributed by atoms with Gasteiger partial charge >= 0.3 is 0 Å². The first-order valence-electron chi connectivity index (χ1n) is 47.9. The van der Waals surface area contributed by atoms with E-state index in [1.807, 2.05) is 0 Å². The monoisotopic (exact) mass is 1790 g/mol. The summed E-state index contributed by atoms with van der Waals surface area (Å²) in [6.07, 6.45) is 0.771. The number of aryl methyl sites for hydroxylation is 1. The predicted octanol–water partition coefficient (Wildman–Crippen LogP) is 27.8. The van der Waals surface area contributed by atoms with Crippen LogP contribution in [-0.4, -0.2) is 20.1 Å². The second kappa shape index (κ2) is 33.8. The van der Waals surface area contributed by atoms with Gasteiger partial charge in [0.15, 0.2) is 0 Å². The summed E-state index contributed by atoms with van der Waals surface area (Å²) in [6, 6.07) is 172. The van der Waals surface area contributed by atoms with E-state index in [1.165, 1.54) is 16.7 Å². The average molecular weight is 1790 g/mol. The highest BCUT2D eigenvalue weighted by atomic mass is 16.5. The molecule has 0 spiro atoms. The number of ether oxygens (including phenoxy) is 6. The van der Waals surface area contributed by atoms with Crippen LogP contribution in [0.15, 0.2) is 479 Å². The van der Waals surface area contributed by atoms with Gasteiger partial charge in [0, 0.05) is 86.2 Å². The summed E-state index contributed by atoms with van der Waals surface area (Å²) in [5.41, 5.74) is 37.3. The van der Waals surface area contributed by atoms with Crippen molar-refractivity contribution in [1.82, 2.24) is 0 Å². The number of rotatable bonds is 18. The van der Waals surface area contributed by atoms with Gasteiger partial charge in [-0.05, 0) is 275 Å². The lowest BCUT2D eigenvalue weighted by atomic mass is 9.34. The van der Waals surface area contributed by atoms with Crippen LogP contribution in [0, 0.1) is 6.92 Å². The maximum absolute atomic E-state index is 7.37. The molecule has 0 aromatic heterocycles. The Hall–Kier alpha value is -18.0. The molecule has 0 bridgehead atoms. The highest BCUT2D eigenvalue weighted by molar-refractivity contribution is 6.99. The van der Waals surface area contributed by atoms with E-state index in [1.54, 1.807) is 0 Å². The van der Waals surface area contributed by atoms with Crippen molar-refractivity contribution in [1.29, 1.82) is 0 Å². The lowest BCUT2D eigenvalue weighted by molar-refractivity contribution is 0.464. The zero-order valence-electron chi connectivity index (χ0n) is 76.3. The van der Waals surface area contributed by atoms with Gasteiger partial charge in [0.05, 0.1) is 5.69 Å². The van der Waals surface area contributed by atoms with Gasteiger partial charge in [-0.3, -0.25) is 0 Å². The van der Waals surface area contributed by atoms with Crippen LogP contribution >= 0.6 is 0 Å². The van der Waals surface area contributed by atoms with Crippen LogP contribution in [0.5, 0.6) is 69.0 Å². The second-order valence-corrected chi connectivity index (χ2v) is 37.0. The van der Waals surface area contributed by atoms with Crippen LogP contribution in [0.3, 0.4) is 0 Å². The third kappa shape index (κ3) is 14.5. The molecule has 0 aliphatic carbocycles. The molecule has 0 saturated heterocycles. The molecule has 0 radical (unpaired) electrons. The number of hydrogen-bond acceptors (Lipinski definition) is 9. The molecule has 6 aliphatic rings. The van der Waals surface area contributed by atoms with Gasteiger partial charge < -0.3 is 43.1 Å². The van der Waals surface area contributed by atoms with E-state index in [4.69, 9.17) is 28.4 Å². The first-order chi connectivity index (χ1) is 69.2. The Morgan fingerprint density at radius 3 is 0.714 bits per heavy atom. The number of anilines is 9. The third-order valence-electron chi connectivity index (χ3n) is 28.5. The molecular formula is C128H84B3N3O6. The first-order valence-corrected chi connectivity index (χ1v) is 47.9. The van der Waals surface area contributed by atoms with E-state index in [0.29, 0.717) is 0 Å². The fraction of sp³-hybridized carbons (Fsp3) is 0.0156. The molecule has 0 N–H and O–H groups in total. The van der Waals surface area contributed by atoms with Crippen molar-refractivity contribution < 1.29 is 28.4 Å². The zero-order valence-corrected chi connectivity index (χ0v) is 76.3. The van der Waals surface area contributed by atoms with Crippen LogP contribution in [0.2, 0.25) is 0 Å². The predicted molar refractivity (Wildman–Crippen MR) is 576 cm³/mol. The van der Waals surface area contributed by atoms with Gasteiger partial charge in [-0.15, -0.1) is 0 Å². The highest BCUT2D eigenvalue weighted by Crippen LogP contribution is 2.50. The molecule has 6 aliphatic heterocycles. The van der Waals surface area contributed by atoms with Gasteiger partial charge in [-0.25, -0.2) is 0 Å². The van der Waals surface area contributed by atoms with Gasteiger partial charge in [0.1, 0.15) is 69.0 Å². The smallest absolute Gasteiger partial charge is 0.260 e. The van der Waals surface area contributed by atoms with Crippen molar-refractivity contribution in [2.24, 2.45) is 0 Å². The van der Waals surface area contributed by atoms with E-state index in [-0.39, 0.29) is 20.1 Å². The Balaban J connectivity index is 0.486. The number of benzene rings is 21. The van der Waals surface area contributed by atoms with Crippen molar-refractivity contribution in [3.8, 4) is 147 Å². The molecule has 9 nitrogen and oxygen atoms in total. The van der Waals surface area contributed by atoms with Crippen molar-refractivity contribution in [2.45, 2.75) is 13.3 Å². The van der Waals surface area contributed by atoms with E-state index >= 15 is 0 Å². The van der Waals surface area contributed by atoms with Gasteiger partial charge in [-0.2, -0.15) is 0 Å². The van der Waals surface area contributed by atoms with E-state index in [2.05, 4.69) is 501 Å². The summed E-state index contributed by atoms with van der Waals surface area (Å²) in [7, 11) is 0. The van der Waals surface area contributed by atoms with Crippen molar-refractivity contribution in [2.75, 3.05) is 14.7 Å². The lowest BCUT2D eigenvalue weighted by Crippen LogP contribution is -2.57. The normalized spacial score (nSPS) is 12.5. The quantitative estimate of drug-likeness (QED) is 0.0782. The molecule has 0 unspecified atom stereocenters. The Bertz CT molecular complexity index is 8400. The van der Waals surface area contributed by atoms with Crippen LogP contribution < -0.4 is 92.3 Å². The molecule has 656 valence electrons. The lowest BCUT2D eigenvalue weighted by Gasteiger charge is -2.35. The summed E-state index contributed by atoms with van der Waals surface area (Å²) in [4.78, 5) is 6.90. The molecule has 0 amide bonds. The van der Waals surface area contributed by atoms with E-state index < -0.39 is 0 Å². The van der Waals surface area contributed by atoms with E-state index in [0.717, 1.165) is 254 Å². The van der Waals surface area contributed by atoms with Crippen molar-refractivity contribution in [3.05, 3.63) is 496 Å². The largest absolute Gasteiger partial charge is 0.458 e. The van der Waals surface area contributed by atoms with Crippen LogP contribution in [0.1, 0.15) is 16.7 Å². The van der Waals surface area contributed by atoms with Gasteiger partial charge in [0.25, 0.3) is 20.1 Å². The standard InChI is InChI=1S/C128H84B3N3O6/c1-82-43-49-87(50-44-82)93-55-61-108-114(70-93)135-120-74-97(85-25-9-2-10-26-85)75-121-126(120)129(108)109-62-56-94(71-115(109)136-121)88-51-45-83(46-52-88)67-84-47-53-89(54-48-84)95-57-63-110-116(72-95)137-124-80-107(133(101-36-17-6-18-37-101)102-38-19-7-20-39-102)81-125-128(124)130(110)111-64-58-96(73-117(111)138-125)91-30-23-29-90(68-91)92-31-24-42-104(69-92)134(103-40-21-8-22-41-103)106-60-66-113-119(79-106)140-123-77-98(86-27-11-3-12-28-86)76-122-127(123)131(113)112-65-59-105(78-118(112)139-122)132(99-32-13-4-14-33-99)100-34-15-5-16-35-100/h2-66,68-81H,67H2,1H3. The Morgan fingerprint density at radius 1 is 0.157 bits per heavy atom. The number of hydrogen-bond donors (Lipinski definition) is 0. The fourth-order valence-corrected chi connectivity index (χ4v) is 21.7.